The van der Waals surface area contributed by atoms with E-state index in [1.54, 1.807) is 31.4 Å². The van der Waals surface area contributed by atoms with Gasteiger partial charge >= 0.3 is 5.97 Å². The fourth-order valence-corrected chi connectivity index (χ4v) is 3.08. The molecule has 3 aromatic rings. The summed E-state index contributed by atoms with van der Waals surface area (Å²) in [5.41, 5.74) is 2.60. The highest BCUT2D eigenvalue weighted by Gasteiger charge is 2.19. The van der Waals surface area contributed by atoms with Gasteiger partial charge in [0, 0.05) is 12.5 Å². The van der Waals surface area contributed by atoms with Gasteiger partial charge in [-0.1, -0.05) is 66.7 Å². The molecule has 0 saturated carbocycles. The molecule has 0 aromatic heterocycles. The van der Waals surface area contributed by atoms with Crippen molar-refractivity contribution in [1.29, 1.82) is 0 Å². The number of carboxylic acids is 1. The SMILES string of the molecule is COc1cc(/C=C/C(=O)NC(Cc2ccccc2)C(=O)O)ccc1OCc1ccccc1. The first kappa shape index (κ1) is 22.6. The second-order valence-corrected chi connectivity index (χ2v) is 7.11. The predicted octanol–water partition coefficient (Wildman–Crippen LogP) is 4.10. The summed E-state index contributed by atoms with van der Waals surface area (Å²) in [6, 6.07) is 23.3. The minimum atomic E-state index is -1.09. The van der Waals surface area contributed by atoms with Crippen LogP contribution in [0.2, 0.25) is 0 Å². The van der Waals surface area contributed by atoms with Crippen molar-refractivity contribution in [2.45, 2.75) is 19.1 Å². The number of benzene rings is 3. The molecule has 0 aliphatic heterocycles. The van der Waals surface area contributed by atoms with Crippen LogP contribution in [0.4, 0.5) is 0 Å². The average molecular weight is 431 g/mol. The lowest BCUT2D eigenvalue weighted by Gasteiger charge is -2.13. The van der Waals surface area contributed by atoms with Crippen LogP contribution in [0.15, 0.2) is 84.9 Å². The van der Waals surface area contributed by atoms with Gasteiger partial charge < -0.3 is 19.9 Å². The number of ether oxygens (including phenoxy) is 2. The normalized spacial score (nSPS) is 11.7. The van der Waals surface area contributed by atoms with Crippen molar-refractivity contribution >= 4 is 18.0 Å². The van der Waals surface area contributed by atoms with Gasteiger partial charge in [0.1, 0.15) is 12.6 Å². The van der Waals surface area contributed by atoms with Gasteiger partial charge in [0.15, 0.2) is 11.5 Å². The van der Waals surface area contributed by atoms with Gasteiger partial charge in [-0.15, -0.1) is 0 Å². The molecule has 164 valence electrons. The third-order valence-electron chi connectivity index (χ3n) is 4.75. The minimum absolute atomic E-state index is 0.205. The van der Waals surface area contributed by atoms with Gasteiger partial charge in [0.05, 0.1) is 7.11 Å². The van der Waals surface area contributed by atoms with E-state index in [4.69, 9.17) is 9.47 Å². The standard InChI is InChI=1S/C26H25NO5/c1-31-24-17-20(12-14-23(24)32-18-21-10-6-3-7-11-21)13-15-25(28)27-22(26(29)30)16-19-8-4-2-5-9-19/h2-15,17,22H,16,18H2,1H3,(H,27,28)(H,29,30)/b15-13+. The maximum Gasteiger partial charge on any atom is 0.326 e. The van der Waals surface area contributed by atoms with Gasteiger partial charge in [-0.05, 0) is 34.9 Å². The van der Waals surface area contributed by atoms with E-state index in [0.717, 1.165) is 16.7 Å². The Hall–Kier alpha value is -4.06. The maximum absolute atomic E-state index is 12.3. The fraction of sp³-hybridized carbons (Fsp3) is 0.154. The highest BCUT2D eigenvalue weighted by molar-refractivity contribution is 5.94. The molecule has 1 atom stereocenters. The first-order valence-corrected chi connectivity index (χ1v) is 10.1. The number of carbonyl (C=O) groups is 2. The van der Waals surface area contributed by atoms with Crippen molar-refractivity contribution in [3.63, 3.8) is 0 Å². The van der Waals surface area contributed by atoms with Crippen LogP contribution in [0, 0.1) is 0 Å². The number of amides is 1. The van der Waals surface area contributed by atoms with E-state index >= 15 is 0 Å². The molecular formula is C26H25NO5. The van der Waals surface area contributed by atoms with Crippen molar-refractivity contribution < 1.29 is 24.2 Å². The molecule has 2 N–H and O–H groups in total. The van der Waals surface area contributed by atoms with Crippen LogP contribution in [0.25, 0.3) is 6.08 Å². The summed E-state index contributed by atoms with van der Waals surface area (Å²) in [5, 5.41) is 12.0. The van der Waals surface area contributed by atoms with E-state index in [0.29, 0.717) is 18.1 Å². The number of nitrogens with one attached hydrogen (secondary N) is 1. The Bertz CT molecular complexity index is 1060. The van der Waals surface area contributed by atoms with Gasteiger partial charge in [0.2, 0.25) is 5.91 Å². The number of rotatable bonds is 10. The highest BCUT2D eigenvalue weighted by atomic mass is 16.5. The quantitative estimate of drug-likeness (QED) is 0.472. The predicted molar refractivity (Wildman–Crippen MR) is 123 cm³/mol. The second kappa shape index (κ2) is 11.4. The van der Waals surface area contributed by atoms with E-state index in [2.05, 4.69) is 5.32 Å². The second-order valence-electron chi connectivity index (χ2n) is 7.11. The van der Waals surface area contributed by atoms with E-state index in [9.17, 15) is 14.7 Å². The highest BCUT2D eigenvalue weighted by Crippen LogP contribution is 2.29. The third kappa shape index (κ3) is 6.74. The monoisotopic (exact) mass is 431 g/mol. The molecule has 0 aliphatic rings. The molecule has 0 aliphatic carbocycles. The Morgan fingerprint density at radius 2 is 1.59 bits per heavy atom. The number of hydrogen-bond donors (Lipinski definition) is 2. The molecule has 0 spiro atoms. The lowest BCUT2D eigenvalue weighted by molar-refractivity contribution is -0.141. The summed E-state index contributed by atoms with van der Waals surface area (Å²) in [7, 11) is 1.55. The number of hydrogen-bond acceptors (Lipinski definition) is 4. The molecule has 3 aromatic carbocycles. The summed E-state index contributed by atoms with van der Waals surface area (Å²) >= 11 is 0. The zero-order valence-electron chi connectivity index (χ0n) is 17.7. The molecule has 6 nitrogen and oxygen atoms in total. The van der Waals surface area contributed by atoms with Gasteiger partial charge in [-0.3, -0.25) is 4.79 Å². The van der Waals surface area contributed by atoms with Crippen molar-refractivity contribution in [1.82, 2.24) is 5.32 Å². The zero-order valence-corrected chi connectivity index (χ0v) is 17.7. The van der Waals surface area contributed by atoms with Crippen LogP contribution in [0.1, 0.15) is 16.7 Å². The zero-order chi connectivity index (χ0) is 22.8. The van der Waals surface area contributed by atoms with Crippen molar-refractivity contribution in [2.24, 2.45) is 0 Å². The Morgan fingerprint density at radius 1 is 0.938 bits per heavy atom. The molecule has 0 heterocycles. The van der Waals surface area contributed by atoms with Crippen molar-refractivity contribution in [3.05, 3.63) is 102 Å². The lowest BCUT2D eigenvalue weighted by Crippen LogP contribution is -2.41. The molecule has 0 saturated heterocycles. The molecule has 0 fully saturated rings. The Morgan fingerprint density at radius 3 is 2.22 bits per heavy atom. The van der Waals surface area contributed by atoms with Crippen LogP contribution in [-0.2, 0) is 22.6 Å². The minimum Gasteiger partial charge on any atom is -0.493 e. The van der Waals surface area contributed by atoms with Gasteiger partial charge in [0.25, 0.3) is 0 Å². The van der Waals surface area contributed by atoms with Crippen LogP contribution in [0.3, 0.4) is 0 Å². The van der Waals surface area contributed by atoms with E-state index in [1.807, 2.05) is 60.7 Å². The summed E-state index contributed by atoms with van der Waals surface area (Å²) < 4.78 is 11.2. The summed E-state index contributed by atoms with van der Waals surface area (Å²) in [4.78, 5) is 23.8. The average Bonchev–Trinajstić information content (AvgIpc) is 2.82. The largest absolute Gasteiger partial charge is 0.493 e. The van der Waals surface area contributed by atoms with E-state index in [-0.39, 0.29) is 6.42 Å². The first-order chi connectivity index (χ1) is 15.5. The molecule has 0 radical (unpaired) electrons. The van der Waals surface area contributed by atoms with Gasteiger partial charge in [-0.25, -0.2) is 4.79 Å². The van der Waals surface area contributed by atoms with Crippen molar-refractivity contribution in [2.75, 3.05) is 7.11 Å². The first-order valence-electron chi connectivity index (χ1n) is 10.1. The Balaban J connectivity index is 1.61. The van der Waals surface area contributed by atoms with E-state index < -0.39 is 17.9 Å². The molecule has 0 bridgehead atoms. The van der Waals surface area contributed by atoms with E-state index in [1.165, 1.54) is 6.08 Å². The molecular weight excluding hydrogens is 406 g/mol. The van der Waals surface area contributed by atoms with Crippen LogP contribution < -0.4 is 14.8 Å². The summed E-state index contributed by atoms with van der Waals surface area (Å²) in [6.07, 6.45) is 3.11. The summed E-state index contributed by atoms with van der Waals surface area (Å²) in [6.45, 7) is 0.410. The molecule has 1 amide bonds. The molecule has 6 heteroatoms. The van der Waals surface area contributed by atoms with Crippen LogP contribution in [0.5, 0.6) is 11.5 Å². The van der Waals surface area contributed by atoms with Crippen molar-refractivity contribution in [3.8, 4) is 11.5 Å². The smallest absolute Gasteiger partial charge is 0.326 e. The number of aliphatic carboxylic acids is 1. The molecule has 3 rings (SSSR count). The fourth-order valence-electron chi connectivity index (χ4n) is 3.08. The lowest BCUT2D eigenvalue weighted by atomic mass is 10.1. The molecule has 1 unspecified atom stereocenters. The Kier molecular flexibility index (Phi) is 8.03. The molecule has 32 heavy (non-hydrogen) atoms. The maximum atomic E-state index is 12.3. The summed E-state index contributed by atoms with van der Waals surface area (Å²) in [5.74, 6) is -0.448. The number of methoxy groups -OCH3 is 1. The van der Waals surface area contributed by atoms with Crippen LogP contribution in [-0.4, -0.2) is 30.1 Å². The Labute approximate surface area is 187 Å². The van der Waals surface area contributed by atoms with Crippen LogP contribution >= 0.6 is 0 Å². The number of carboxylic acid groups (broad SMARTS) is 1. The number of carbonyl (C=O) groups excluding carboxylic acids is 1. The topological polar surface area (TPSA) is 84.9 Å². The third-order valence-corrected chi connectivity index (χ3v) is 4.75. The van der Waals surface area contributed by atoms with Gasteiger partial charge in [-0.2, -0.15) is 0 Å².